The molecule has 5 nitrogen and oxygen atoms in total. The summed E-state index contributed by atoms with van der Waals surface area (Å²) >= 11 is 5.28. The highest BCUT2D eigenvalue weighted by Crippen LogP contribution is 2.46. The van der Waals surface area contributed by atoms with Crippen molar-refractivity contribution in [3.05, 3.63) is 70.3 Å². The van der Waals surface area contributed by atoms with Gasteiger partial charge in [-0.15, -0.1) is 0 Å². The average Bonchev–Trinajstić information content (AvgIpc) is 3.07. The van der Waals surface area contributed by atoms with Gasteiger partial charge in [-0.3, -0.25) is 4.79 Å². The molecule has 0 spiro atoms. The third-order valence-electron chi connectivity index (χ3n) is 5.79. The Morgan fingerprint density at radius 3 is 2.55 bits per heavy atom. The van der Waals surface area contributed by atoms with E-state index in [0.29, 0.717) is 34.2 Å². The number of hydrogen-bond acceptors (Lipinski definition) is 3. The first-order valence-electron chi connectivity index (χ1n) is 10.6. The second kappa shape index (κ2) is 8.37. The number of alkyl halides is 3. The van der Waals surface area contributed by atoms with Crippen LogP contribution in [0.1, 0.15) is 47.8 Å². The van der Waals surface area contributed by atoms with Crippen molar-refractivity contribution >= 4 is 28.9 Å². The van der Waals surface area contributed by atoms with Gasteiger partial charge in [-0.25, -0.2) is 0 Å². The van der Waals surface area contributed by atoms with E-state index in [2.05, 4.69) is 10.6 Å². The number of rotatable bonds is 4. The quantitative estimate of drug-likeness (QED) is 0.627. The van der Waals surface area contributed by atoms with E-state index in [0.717, 1.165) is 17.7 Å². The van der Waals surface area contributed by atoms with E-state index in [1.807, 2.05) is 32.9 Å². The lowest BCUT2D eigenvalue weighted by molar-refractivity contribution is -0.137. The molecule has 2 aromatic rings. The van der Waals surface area contributed by atoms with Gasteiger partial charge in [0.2, 0.25) is 0 Å². The maximum absolute atomic E-state index is 13.6. The first-order valence-corrected chi connectivity index (χ1v) is 11.0. The van der Waals surface area contributed by atoms with Crippen molar-refractivity contribution in [2.75, 3.05) is 13.1 Å². The van der Waals surface area contributed by atoms with E-state index < -0.39 is 17.3 Å². The molecule has 2 aromatic carbocycles. The summed E-state index contributed by atoms with van der Waals surface area (Å²) < 4.78 is 46.8. The summed E-state index contributed by atoms with van der Waals surface area (Å²) in [5.41, 5.74) is 0.947. The largest absolute Gasteiger partial charge is 0.483 e. The second-order valence-corrected chi connectivity index (χ2v) is 8.82. The number of nitrogens with zero attached hydrogens (tertiary/aromatic N) is 1. The Morgan fingerprint density at radius 2 is 1.88 bits per heavy atom. The molecule has 0 aliphatic carbocycles. The van der Waals surface area contributed by atoms with E-state index in [1.165, 1.54) is 6.07 Å². The van der Waals surface area contributed by atoms with Crippen LogP contribution in [-0.2, 0) is 12.7 Å². The van der Waals surface area contributed by atoms with Crippen molar-refractivity contribution in [1.82, 2.24) is 15.5 Å². The van der Waals surface area contributed by atoms with Gasteiger partial charge in [-0.05, 0) is 62.8 Å². The first kappa shape index (κ1) is 23.1. The van der Waals surface area contributed by atoms with Gasteiger partial charge in [-0.1, -0.05) is 18.2 Å². The van der Waals surface area contributed by atoms with Gasteiger partial charge in [0, 0.05) is 29.8 Å². The van der Waals surface area contributed by atoms with Crippen molar-refractivity contribution in [3.8, 4) is 5.75 Å². The molecule has 174 valence electrons. The molecular formula is C24H24F3N3O2S. The lowest BCUT2D eigenvalue weighted by Gasteiger charge is -2.40. The van der Waals surface area contributed by atoms with Crippen LogP contribution in [0.15, 0.2) is 48.0 Å². The predicted octanol–water partition coefficient (Wildman–Crippen LogP) is 4.73. The number of amides is 1. The maximum atomic E-state index is 13.6. The van der Waals surface area contributed by atoms with E-state index in [9.17, 15) is 18.0 Å². The van der Waals surface area contributed by atoms with E-state index in [1.54, 1.807) is 17.0 Å². The molecule has 2 N–H and O–H groups in total. The molecule has 0 aromatic heterocycles. The zero-order chi connectivity index (χ0) is 24.0. The van der Waals surface area contributed by atoms with Crippen LogP contribution in [0, 0.1) is 0 Å². The number of carbonyl (C=O) groups excluding carboxylic acids is 1. The number of hydrogen-bond donors (Lipinski definition) is 2. The second-order valence-electron chi connectivity index (χ2n) is 8.41. The van der Waals surface area contributed by atoms with Crippen LogP contribution >= 0.6 is 12.2 Å². The first-order chi connectivity index (χ1) is 15.5. The smallest absolute Gasteiger partial charge is 0.416 e. The molecule has 0 unspecified atom stereocenters. The number of ether oxygens (including phenoxy) is 1. The number of halogens is 3. The maximum Gasteiger partial charge on any atom is 0.416 e. The monoisotopic (exact) mass is 475 g/mol. The number of thiocarbonyl (C=S) groups is 1. The van der Waals surface area contributed by atoms with Gasteiger partial charge in [-0.2, -0.15) is 13.2 Å². The van der Waals surface area contributed by atoms with Crippen LogP contribution in [0.5, 0.6) is 5.75 Å². The molecular weight excluding hydrogens is 451 g/mol. The van der Waals surface area contributed by atoms with E-state index in [-0.39, 0.29) is 24.6 Å². The zero-order valence-electron chi connectivity index (χ0n) is 18.5. The Labute approximate surface area is 195 Å². The highest BCUT2D eigenvalue weighted by atomic mass is 32.1. The topological polar surface area (TPSA) is 53.6 Å². The molecule has 0 atom stereocenters. The zero-order valence-corrected chi connectivity index (χ0v) is 19.3. The summed E-state index contributed by atoms with van der Waals surface area (Å²) in [4.78, 5) is 14.9. The summed E-state index contributed by atoms with van der Waals surface area (Å²) in [5, 5.41) is 6.50. The Balaban J connectivity index is 1.89. The number of benzene rings is 2. The molecule has 9 heteroatoms. The fourth-order valence-corrected chi connectivity index (χ4v) is 4.41. The number of fused-ring (bicyclic) bond motifs is 2. The van der Waals surface area contributed by atoms with Crippen LogP contribution in [0.3, 0.4) is 0 Å². The number of nitrogens with one attached hydrogen (secondary N) is 2. The van der Waals surface area contributed by atoms with Crippen molar-refractivity contribution in [1.29, 1.82) is 0 Å². The van der Waals surface area contributed by atoms with Crippen molar-refractivity contribution in [3.63, 3.8) is 0 Å². The van der Waals surface area contributed by atoms with Crippen LogP contribution in [-0.4, -0.2) is 34.6 Å². The molecule has 2 aliphatic rings. The molecule has 0 saturated heterocycles. The summed E-state index contributed by atoms with van der Waals surface area (Å²) in [7, 11) is 0. The summed E-state index contributed by atoms with van der Waals surface area (Å²) in [5.74, 6) is 0.0400. The Kier molecular flexibility index (Phi) is 5.86. The van der Waals surface area contributed by atoms with Crippen LogP contribution < -0.4 is 15.4 Å². The average molecular weight is 476 g/mol. The number of carbonyl (C=O) groups is 1. The third-order valence-corrected chi connectivity index (χ3v) is 6.08. The van der Waals surface area contributed by atoms with Gasteiger partial charge in [0.15, 0.2) is 5.11 Å². The van der Waals surface area contributed by atoms with E-state index in [4.69, 9.17) is 17.0 Å². The third kappa shape index (κ3) is 4.29. The molecule has 1 amide bonds. The molecule has 33 heavy (non-hydrogen) atoms. The fraction of sp³-hybridized carbons (Fsp3) is 0.333. The van der Waals surface area contributed by atoms with Crippen LogP contribution in [0.4, 0.5) is 13.2 Å². The standard InChI is InChI=1S/C24H24F3N3O2S/c1-4-28-22(33)29-12-18-20(30-13-14-7-5-6-8-16(14)21(30)31)17-11-15(24(25,26)27)9-10-19(17)32-23(18,2)3/h5-11H,4,12-13H2,1-3H3,(H2,28,29,33). The fourth-order valence-electron chi connectivity index (χ4n) is 4.20. The lowest BCUT2D eigenvalue weighted by atomic mass is 9.88. The highest BCUT2D eigenvalue weighted by Gasteiger charge is 2.42. The Bertz CT molecular complexity index is 1160. The van der Waals surface area contributed by atoms with Gasteiger partial charge < -0.3 is 20.3 Å². The minimum Gasteiger partial charge on any atom is -0.483 e. The van der Waals surface area contributed by atoms with Gasteiger partial charge in [0.25, 0.3) is 5.91 Å². The van der Waals surface area contributed by atoms with Crippen molar-refractivity contribution < 1.29 is 22.7 Å². The molecule has 0 bridgehead atoms. The van der Waals surface area contributed by atoms with Crippen molar-refractivity contribution in [2.45, 2.75) is 39.1 Å². The predicted molar refractivity (Wildman–Crippen MR) is 124 cm³/mol. The van der Waals surface area contributed by atoms with Gasteiger partial charge in [0.05, 0.1) is 17.8 Å². The molecule has 0 radical (unpaired) electrons. The lowest BCUT2D eigenvalue weighted by Crippen LogP contribution is -2.45. The Morgan fingerprint density at radius 1 is 1.15 bits per heavy atom. The summed E-state index contributed by atoms with van der Waals surface area (Å²) in [6.45, 7) is 6.64. The molecule has 4 rings (SSSR count). The van der Waals surface area contributed by atoms with E-state index >= 15 is 0 Å². The minimum atomic E-state index is -4.53. The molecule has 0 saturated carbocycles. The normalized spacial score (nSPS) is 16.8. The minimum absolute atomic E-state index is 0.198. The molecule has 2 heterocycles. The van der Waals surface area contributed by atoms with Gasteiger partial charge >= 0.3 is 6.18 Å². The van der Waals surface area contributed by atoms with Crippen LogP contribution in [0.25, 0.3) is 5.70 Å². The molecule has 2 aliphatic heterocycles. The highest BCUT2D eigenvalue weighted by molar-refractivity contribution is 7.80. The SMILES string of the molecule is CCNC(=S)NCC1=C(N2Cc3ccccc3C2=O)c2cc(C(F)(F)F)ccc2OC1(C)C. The van der Waals surface area contributed by atoms with Gasteiger partial charge in [0.1, 0.15) is 11.4 Å². The Hall–Kier alpha value is -3.07. The summed E-state index contributed by atoms with van der Waals surface area (Å²) in [6.07, 6.45) is -4.53. The summed E-state index contributed by atoms with van der Waals surface area (Å²) in [6, 6.07) is 10.6. The van der Waals surface area contributed by atoms with Crippen LogP contribution in [0.2, 0.25) is 0 Å². The van der Waals surface area contributed by atoms with Crippen molar-refractivity contribution in [2.24, 2.45) is 0 Å². The molecule has 0 fully saturated rings.